The van der Waals surface area contributed by atoms with Crippen LogP contribution < -0.4 is 0 Å². The summed E-state index contributed by atoms with van der Waals surface area (Å²) in [5, 5.41) is 0. The van der Waals surface area contributed by atoms with Crippen molar-refractivity contribution in [3.63, 3.8) is 0 Å². The fraction of sp³-hybridized carbons (Fsp3) is 0.913. The molecule has 29 heavy (non-hydrogen) atoms. The number of ether oxygens (including phenoxy) is 2. The van der Waals surface area contributed by atoms with Gasteiger partial charge in [0.15, 0.2) is 8.32 Å². The quantitative estimate of drug-likeness (QED) is 0.397. The molecule has 1 aliphatic heterocycles. The number of rotatable bonds is 10. The van der Waals surface area contributed by atoms with Gasteiger partial charge in [0.2, 0.25) is 11.8 Å². The molecule has 170 valence electrons. The minimum atomic E-state index is -1.80. The van der Waals surface area contributed by atoms with Gasteiger partial charge in [-0.1, -0.05) is 62.3 Å². The van der Waals surface area contributed by atoms with Crippen LogP contribution in [0.1, 0.15) is 75.2 Å². The number of nitrogens with zero attached hydrogens (tertiary/aromatic N) is 2. The summed E-state index contributed by atoms with van der Waals surface area (Å²) >= 11 is 0. The first kappa shape index (κ1) is 26.2. The Kier molecular flexibility index (Phi) is 10.4. The van der Waals surface area contributed by atoms with E-state index in [9.17, 15) is 0 Å². The van der Waals surface area contributed by atoms with Gasteiger partial charge in [-0.3, -0.25) is 0 Å². The monoisotopic (exact) mass is 426 g/mol. The molecule has 0 unspecified atom stereocenters. The van der Waals surface area contributed by atoms with Gasteiger partial charge >= 0.3 is 0 Å². The van der Waals surface area contributed by atoms with Gasteiger partial charge in [-0.25, -0.2) is 9.98 Å². The van der Waals surface area contributed by atoms with Gasteiger partial charge in [-0.2, -0.15) is 0 Å². The molecule has 0 bridgehead atoms. The molecular weight excluding hydrogens is 380 g/mol. The number of aliphatic imine (C=N–C) groups is 2. The third-order valence-corrected chi connectivity index (χ3v) is 12.6. The molecule has 0 aromatic carbocycles. The molecule has 1 heterocycles. The van der Waals surface area contributed by atoms with Crippen LogP contribution >= 0.6 is 0 Å². The second-order valence-corrected chi connectivity index (χ2v) is 15.3. The van der Waals surface area contributed by atoms with E-state index in [1.54, 1.807) is 14.2 Å². The summed E-state index contributed by atoms with van der Waals surface area (Å²) in [6, 6.07) is -0.123. The maximum atomic E-state index is 6.73. The average Bonchev–Trinajstić information content (AvgIpc) is 2.63. The highest BCUT2D eigenvalue weighted by molar-refractivity contribution is 6.77. The summed E-state index contributed by atoms with van der Waals surface area (Å²) in [5.41, 5.74) is 1.85. The number of hydrogen-bond donors (Lipinski definition) is 0. The van der Waals surface area contributed by atoms with E-state index in [0.29, 0.717) is 28.5 Å². The van der Waals surface area contributed by atoms with E-state index in [4.69, 9.17) is 23.9 Å². The topological polar surface area (TPSA) is 52.4 Å². The van der Waals surface area contributed by atoms with Gasteiger partial charge in [0.05, 0.1) is 14.2 Å². The van der Waals surface area contributed by atoms with E-state index in [1.807, 2.05) is 0 Å². The van der Waals surface area contributed by atoms with E-state index < -0.39 is 8.32 Å². The normalized spacial score (nSPS) is 21.6. The summed E-state index contributed by atoms with van der Waals surface area (Å²) in [6.07, 6.45) is 1.92. The predicted octanol–water partition coefficient (Wildman–Crippen LogP) is 6.09. The Balaban J connectivity index is 2.77. The molecule has 0 saturated heterocycles. The van der Waals surface area contributed by atoms with Gasteiger partial charge in [0.1, 0.15) is 12.1 Å². The first-order valence-electron chi connectivity index (χ1n) is 11.4. The van der Waals surface area contributed by atoms with Gasteiger partial charge in [0, 0.05) is 6.61 Å². The maximum Gasteiger partial charge on any atom is 0.209 e. The fourth-order valence-corrected chi connectivity index (χ4v) is 10.4. The zero-order valence-corrected chi connectivity index (χ0v) is 21.8. The van der Waals surface area contributed by atoms with E-state index >= 15 is 0 Å². The Bertz CT molecular complexity index is 537. The zero-order valence-electron chi connectivity index (χ0n) is 20.8. The predicted molar refractivity (Wildman–Crippen MR) is 127 cm³/mol. The third-order valence-electron chi connectivity index (χ3n) is 6.43. The molecule has 0 amide bonds. The third kappa shape index (κ3) is 6.30. The first-order chi connectivity index (χ1) is 13.5. The summed E-state index contributed by atoms with van der Waals surface area (Å²) < 4.78 is 17.9. The van der Waals surface area contributed by atoms with E-state index in [0.717, 1.165) is 31.2 Å². The van der Waals surface area contributed by atoms with E-state index in [2.05, 4.69) is 62.3 Å². The van der Waals surface area contributed by atoms with Crippen LogP contribution in [-0.4, -0.2) is 53.0 Å². The molecule has 0 fully saturated rings. The van der Waals surface area contributed by atoms with Gasteiger partial charge in [-0.15, -0.1) is 0 Å². The van der Waals surface area contributed by atoms with Gasteiger partial charge in [-0.05, 0) is 41.3 Å². The summed E-state index contributed by atoms with van der Waals surface area (Å²) in [7, 11) is 1.58. The number of methoxy groups -OCH3 is 2. The van der Waals surface area contributed by atoms with Crippen LogP contribution in [0.25, 0.3) is 0 Å². The van der Waals surface area contributed by atoms with Gasteiger partial charge < -0.3 is 13.9 Å². The summed E-state index contributed by atoms with van der Waals surface area (Å²) in [4.78, 5) is 9.63. The highest BCUT2D eigenvalue weighted by Crippen LogP contribution is 2.42. The maximum absolute atomic E-state index is 6.73. The lowest BCUT2D eigenvalue weighted by Gasteiger charge is -2.42. The average molecular weight is 427 g/mol. The van der Waals surface area contributed by atoms with Crippen LogP contribution in [0.15, 0.2) is 9.98 Å². The van der Waals surface area contributed by atoms with Crippen molar-refractivity contribution in [2.45, 2.75) is 104 Å². The molecule has 1 aliphatic rings. The number of hydrogen-bond acceptors (Lipinski definition) is 5. The van der Waals surface area contributed by atoms with Crippen LogP contribution in [0.4, 0.5) is 0 Å². The Labute approximate surface area is 180 Å². The van der Waals surface area contributed by atoms with Crippen LogP contribution in [0.3, 0.4) is 0 Å². The minimum absolute atomic E-state index is 0.0559. The van der Waals surface area contributed by atoms with Crippen molar-refractivity contribution < 1.29 is 13.9 Å². The molecule has 0 spiro atoms. The van der Waals surface area contributed by atoms with E-state index in [1.165, 1.54) is 0 Å². The highest BCUT2D eigenvalue weighted by atomic mass is 28.4. The first-order valence-corrected chi connectivity index (χ1v) is 13.5. The van der Waals surface area contributed by atoms with Crippen molar-refractivity contribution in [3.8, 4) is 0 Å². The molecule has 0 radical (unpaired) electrons. The fourth-order valence-electron chi connectivity index (χ4n) is 4.95. The van der Waals surface area contributed by atoms with Crippen molar-refractivity contribution in [1.82, 2.24) is 0 Å². The molecule has 1 rings (SSSR count). The Hall–Kier alpha value is -0.883. The molecule has 0 N–H and O–H groups in total. The molecule has 0 saturated carbocycles. The van der Waals surface area contributed by atoms with Crippen molar-refractivity contribution >= 4 is 20.1 Å². The molecule has 3 atom stereocenters. The Morgan fingerprint density at radius 3 is 1.72 bits per heavy atom. The standard InChI is InChI=1S/C23H46N2O3Si/c1-15(2)21-23(27-11)24-20(22(25-21)26-10)14-19(9)12-13-28-29(16(3)4,17(5)6)18(7)8/h15-21H,12-14H2,1-11H3/t19-,20+,21-/m1/s1. The highest BCUT2D eigenvalue weighted by Gasteiger charge is 2.45. The minimum Gasteiger partial charge on any atom is -0.483 e. The van der Waals surface area contributed by atoms with Crippen LogP contribution in [-0.2, 0) is 13.9 Å². The van der Waals surface area contributed by atoms with Gasteiger partial charge in [0.25, 0.3) is 0 Å². The summed E-state index contributed by atoms with van der Waals surface area (Å²) in [6.45, 7) is 21.4. The van der Waals surface area contributed by atoms with Crippen LogP contribution in [0.2, 0.25) is 16.6 Å². The molecule has 6 heteroatoms. The molecule has 0 aromatic heterocycles. The van der Waals surface area contributed by atoms with Crippen molar-refractivity contribution in [1.29, 1.82) is 0 Å². The molecule has 5 nitrogen and oxygen atoms in total. The van der Waals surface area contributed by atoms with Crippen LogP contribution in [0, 0.1) is 11.8 Å². The van der Waals surface area contributed by atoms with Crippen molar-refractivity contribution in [3.05, 3.63) is 0 Å². The lowest BCUT2D eigenvalue weighted by molar-refractivity contribution is 0.244. The van der Waals surface area contributed by atoms with Crippen molar-refractivity contribution in [2.75, 3.05) is 20.8 Å². The SMILES string of the molecule is COC1=N[C@H](C(C)C)C(OC)=N[C@H]1C[C@H](C)CCO[Si](C(C)C)(C(C)C)C(C)C. The van der Waals surface area contributed by atoms with Crippen LogP contribution in [0.5, 0.6) is 0 Å². The smallest absolute Gasteiger partial charge is 0.209 e. The zero-order chi connectivity index (χ0) is 22.4. The second kappa shape index (κ2) is 11.5. The lowest BCUT2D eigenvalue weighted by atomic mass is 9.96. The Morgan fingerprint density at radius 1 is 0.793 bits per heavy atom. The summed E-state index contributed by atoms with van der Waals surface area (Å²) in [5.74, 6) is 2.25. The van der Waals surface area contributed by atoms with E-state index in [-0.39, 0.29) is 12.1 Å². The second-order valence-electron chi connectivity index (χ2n) is 9.84. The Morgan fingerprint density at radius 2 is 1.31 bits per heavy atom. The largest absolute Gasteiger partial charge is 0.483 e. The van der Waals surface area contributed by atoms with Crippen molar-refractivity contribution in [2.24, 2.45) is 21.8 Å². The molecule has 0 aromatic rings. The lowest BCUT2D eigenvalue weighted by Crippen LogP contribution is -2.48. The molecular formula is C23H46N2O3Si. The molecule has 0 aliphatic carbocycles.